The molecule has 3 N–H and O–H groups in total. The summed E-state index contributed by atoms with van der Waals surface area (Å²) in [5, 5.41) is 35.1. The van der Waals surface area contributed by atoms with Crippen LogP contribution in [0.4, 0.5) is 5.69 Å². The number of hydrogen-bond donors (Lipinski definition) is 3. The molecule has 1 aliphatic carbocycles. The first-order valence-electron chi connectivity index (χ1n) is 9.71. The van der Waals surface area contributed by atoms with Gasteiger partial charge in [-0.15, -0.1) is 0 Å². The zero-order chi connectivity index (χ0) is 20.4. The van der Waals surface area contributed by atoms with Crippen molar-refractivity contribution in [3.8, 4) is 16.9 Å². The highest BCUT2D eigenvalue weighted by Crippen LogP contribution is 2.38. The molecule has 0 radical (unpaired) electrons. The Morgan fingerprint density at radius 3 is 2.31 bits per heavy atom. The van der Waals surface area contributed by atoms with Crippen LogP contribution >= 0.6 is 0 Å². The molecule has 4 rings (SSSR count). The summed E-state index contributed by atoms with van der Waals surface area (Å²) in [6.45, 7) is 7.12. The molecule has 0 amide bonds. The average molecular weight is 389 g/mol. The fourth-order valence-corrected chi connectivity index (χ4v) is 3.80. The fourth-order valence-electron chi connectivity index (χ4n) is 3.80. The van der Waals surface area contributed by atoms with Gasteiger partial charge in [-0.2, -0.15) is 5.10 Å². The Morgan fingerprint density at radius 2 is 1.72 bits per heavy atom. The van der Waals surface area contributed by atoms with Gasteiger partial charge in [-0.3, -0.25) is 0 Å². The second-order valence-electron chi connectivity index (χ2n) is 7.57. The first-order valence-corrected chi connectivity index (χ1v) is 9.71. The van der Waals surface area contributed by atoms with E-state index >= 15 is 0 Å². The monoisotopic (exact) mass is 389 g/mol. The first-order chi connectivity index (χ1) is 14.0. The highest BCUT2D eigenvalue weighted by atomic mass is 16.3. The Hall–Kier alpha value is -2.98. The third-order valence-corrected chi connectivity index (χ3v) is 5.62. The van der Waals surface area contributed by atoms with Gasteiger partial charge in [0.25, 0.3) is 0 Å². The summed E-state index contributed by atoms with van der Waals surface area (Å²) in [4.78, 5) is 3.44. The maximum Gasteiger partial charge on any atom is 0.187 e. The van der Waals surface area contributed by atoms with Crippen LogP contribution in [0.2, 0.25) is 0 Å². The van der Waals surface area contributed by atoms with Crippen molar-refractivity contribution in [1.29, 1.82) is 0 Å². The van der Waals surface area contributed by atoms with Gasteiger partial charge in [0, 0.05) is 0 Å². The maximum atomic E-state index is 11.2. The molecule has 0 saturated heterocycles. The third-order valence-electron chi connectivity index (χ3n) is 5.62. The zero-order valence-electron chi connectivity index (χ0n) is 16.0. The molecular formula is C23H23N3O3. The van der Waals surface area contributed by atoms with Gasteiger partial charge >= 0.3 is 0 Å². The van der Waals surface area contributed by atoms with Crippen LogP contribution in [0.15, 0.2) is 54.6 Å². The second kappa shape index (κ2) is 7.80. The molecule has 3 aromatic rings. The lowest BCUT2D eigenvalue weighted by atomic mass is 9.81. The van der Waals surface area contributed by atoms with Crippen molar-refractivity contribution in [2.45, 2.75) is 44.0 Å². The molecule has 0 bridgehead atoms. The number of hydrogen-bond acceptors (Lipinski definition) is 4. The molecular weight excluding hydrogens is 366 g/mol. The van der Waals surface area contributed by atoms with Crippen molar-refractivity contribution >= 4 is 5.69 Å². The summed E-state index contributed by atoms with van der Waals surface area (Å²) in [7, 11) is 0. The lowest BCUT2D eigenvalue weighted by molar-refractivity contribution is -0.0393. The van der Waals surface area contributed by atoms with Gasteiger partial charge in [-0.1, -0.05) is 36.4 Å². The van der Waals surface area contributed by atoms with Crippen molar-refractivity contribution in [1.82, 2.24) is 9.78 Å². The number of rotatable bonds is 4. The van der Waals surface area contributed by atoms with Crippen LogP contribution in [-0.2, 0) is 12.2 Å². The van der Waals surface area contributed by atoms with Gasteiger partial charge in [0.15, 0.2) is 5.69 Å². The van der Waals surface area contributed by atoms with Crippen LogP contribution < -0.4 is 0 Å². The SMILES string of the molecule is [C-]#[N+]c1ccc(-c2cc(C3(O)CCC(O)CC3)nn2-c2ccc(CO)cc2)cc1. The number of aromatic nitrogens is 2. The Morgan fingerprint density at radius 1 is 1.07 bits per heavy atom. The summed E-state index contributed by atoms with van der Waals surface area (Å²) in [5.41, 5.74) is 3.41. The van der Waals surface area contributed by atoms with E-state index < -0.39 is 5.60 Å². The number of nitrogens with zero attached hydrogens (tertiary/aromatic N) is 3. The van der Waals surface area contributed by atoms with E-state index in [4.69, 9.17) is 11.7 Å². The third kappa shape index (κ3) is 3.81. The summed E-state index contributed by atoms with van der Waals surface area (Å²) < 4.78 is 1.78. The van der Waals surface area contributed by atoms with Crippen molar-refractivity contribution in [3.63, 3.8) is 0 Å². The Kier molecular flexibility index (Phi) is 5.20. The normalized spacial score (nSPS) is 21.7. The topological polar surface area (TPSA) is 82.9 Å². The van der Waals surface area contributed by atoms with Gasteiger partial charge in [0.2, 0.25) is 0 Å². The largest absolute Gasteiger partial charge is 0.393 e. The smallest absolute Gasteiger partial charge is 0.187 e. The molecule has 6 heteroatoms. The number of aliphatic hydroxyl groups excluding tert-OH is 2. The van der Waals surface area contributed by atoms with E-state index in [0.717, 1.165) is 22.5 Å². The van der Waals surface area contributed by atoms with Gasteiger partial charge in [0.05, 0.1) is 36.4 Å². The predicted octanol–water partition coefficient (Wildman–Crippen LogP) is 3.70. The van der Waals surface area contributed by atoms with Crippen LogP contribution in [0.5, 0.6) is 0 Å². The van der Waals surface area contributed by atoms with Crippen molar-refractivity contribution < 1.29 is 15.3 Å². The molecule has 0 spiro atoms. The van der Waals surface area contributed by atoms with E-state index in [-0.39, 0.29) is 12.7 Å². The molecule has 1 heterocycles. The van der Waals surface area contributed by atoms with Crippen molar-refractivity contribution in [2.24, 2.45) is 0 Å². The molecule has 0 aliphatic heterocycles. The average Bonchev–Trinajstić information content (AvgIpc) is 3.22. The molecule has 1 aliphatic rings. The summed E-state index contributed by atoms with van der Waals surface area (Å²) >= 11 is 0. The molecule has 148 valence electrons. The minimum Gasteiger partial charge on any atom is -0.393 e. The fraction of sp³-hybridized carbons (Fsp3) is 0.304. The zero-order valence-corrected chi connectivity index (χ0v) is 16.0. The molecule has 1 aromatic heterocycles. The minimum atomic E-state index is -1.07. The lowest BCUT2D eigenvalue weighted by Crippen LogP contribution is -2.33. The van der Waals surface area contributed by atoms with Crippen LogP contribution in [0.3, 0.4) is 0 Å². The van der Waals surface area contributed by atoms with Crippen molar-refractivity contribution in [2.75, 3.05) is 0 Å². The standard InChI is InChI=1S/C23H23N3O3/c1-24-18-6-4-17(5-7-18)21-14-22(23(29)12-10-20(28)11-13-23)25-26(21)19-8-2-16(15-27)3-9-19/h2-9,14,20,27-29H,10-13,15H2. The summed E-state index contributed by atoms with van der Waals surface area (Å²) in [6, 6.07) is 16.6. The molecule has 1 fully saturated rings. The van der Waals surface area contributed by atoms with Gasteiger partial charge in [0.1, 0.15) is 5.60 Å². The molecule has 29 heavy (non-hydrogen) atoms. The first kappa shape index (κ1) is 19.3. The minimum absolute atomic E-state index is 0.0301. The van der Waals surface area contributed by atoms with Crippen LogP contribution in [0.1, 0.15) is 36.9 Å². The van der Waals surface area contributed by atoms with Gasteiger partial charge in [-0.05, 0) is 55.0 Å². The van der Waals surface area contributed by atoms with Gasteiger partial charge < -0.3 is 15.3 Å². The van der Waals surface area contributed by atoms with E-state index in [0.29, 0.717) is 37.1 Å². The van der Waals surface area contributed by atoms with Crippen LogP contribution in [0, 0.1) is 6.57 Å². The van der Waals surface area contributed by atoms with E-state index in [2.05, 4.69) is 4.85 Å². The quantitative estimate of drug-likeness (QED) is 0.594. The molecule has 1 saturated carbocycles. The van der Waals surface area contributed by atoms with E-state index in [9.17, 15) is 15.3 Å². The molecule has 2 aromatic carbocycles. The van der Waals surface area contributed by atoms with Crippen LogP contribution in [0.25, 0.3) is 21.8 Å². The molecule has 0 unspecified atom stereocenters. The van der Waals surface area contributed by atoms with Gasteiger partial charge in [-0.25, -0.2) is 9.53 Å². The highest BCUT2D eigenvalue weighted by molar-refractivity contribution is 5.66. The maximum absolute atomic E-state index is 11.2. The Labute approximate surface area is 169 Å². The van der Waals surface area contributed by atoms with Crippen LogP contribution in [-0.4, -0.2) is 31.2 Å². The summed E-state index contributed by atoms with van der Waals surface area (Å²) in [5.74, 6) is 0. The van der Waals surface area contributed by atoms with E-state index in [1.165, 1.54) is 0 Å². The molecule has 6 nitrogen and oxygen atoms in total. The highest BCUT2D eigenvalue weighted by Gasteiger charge is 2.37. The Bertz CT molecular complexity index is 1020. The van der Waals surface area contributed by atoms with E-state index in [1.807, 2.05) is 42.5 Å². The lowest BCUT2D eigenvalue weighted by Gasteiger charge is -2.32. The van der Waals surface area contributed by atoms with Crippen molar-refractivity contribution in [3.05, 3.63) is 77.3 Å². The second-order valence-corrected chi connectivity index (χ2v) is 7.57. The van der Waals surface area contributed by atoms with E-state index in [1.54, 1.807) is 16.8 Å². The molecule has 0 atom stereocenters. The Balaban J connectivity index is 1.80. The summed E-state index contributed by atoms with van der Waals surface area (Å²) in [6.07, 6.45) is 1.65. The number of benzene rings is 2. The predicted molar refractivity (Wildman–Crippen MR) is 110 cm³/mol. The number of aliphatic hydroxyl groups is 3.